The molecule has 0 radical (unpaired) electrons. The molecule has 0 aromatic rings. The van der Waals surface area contributed by atoms with E-state index in [2.05, 4.69) is 10.2 Å². The van der Waals surface area contributed by atoms with Crippen LogP contribution in [-0.2, 0) is 9.53 Å². The molecule has 0 spiro atoms. The SMILES string of the molecule is O=C(O)CC1CN(CC2CCCO2)CCCN1. The monoisotopic (exact) mass is 242 g/mol. The zero-order valence-electron chi connectivity index (χ0n) is 10.2. The Morgan fingerprint density at radius 2 is 2.35 bits per heavy atom. The van der Waals surface area contributed by atoms with Gasteiger partial charge >= 0.3 is 5.97 Å². The molecule has 2 fully saturated rings. The second kappa shape index (κ2) is 6.33. The standard InChI is InChI=1S/C12H22N2O3/c15-12(16)7-10-8-14(5-2-4-13-10)9-11-3-1-6-17-11/h10-11,13H,1-9H2,(H,15,16). The molecule has 0 amide bonds. The summed E-state index contributed by atoms with van der Waals surface area (Å²) >= 11 is 0. The Balaban J connectivity index is 1.80. The highest BCUT2D eigenvalue weighted by molar-refractivity contribution is 5.67. The molecule has 0 aliphatic carbocycles. The lowest BCUT2D eigenvalue weighted by Gasteiger charge is -2.25. The van der Waals surface area contributed by atoms with Gasteiger partial charge in [-0.25, -0.2) is 0 Å². The molecule has 2 saturated heterocycles. The number of rotatable bonds is 4. The lowest BCUT2D eigenvalue weighted by atomic mass is 10.2. The van der Waals surface area contributed by atoms with Crippen LogP contribution in [0.2, 0.25) is 0 Å². The van der Waals surface area contributed by atoms with Gasteiger partial charge < -0.3 is 15.2 Å². The maximum absolute atomic E-state index is 10.7. The first-order chi connectivity index (χ1) is 8.24. The third-order valence-electron chi connectivity index (χ3n) is 3.47. The van der Waals surface area contributed by atoms with Crippen molar-refractivity contribution in [3.8, 4) is 0 Å². The number of ether oxygens (including phenoxy) is 1. The second-order valence-electron chi connectivity index (χ2n) is 5.00. The summed E-state index contributed by atoms with van der Waals surface area (Å²) in [6.45, 7) is 4.63. The van der Waals surface area contributed by atoms with Gasteiger partial charge in [0.25, 0.3) is 0 Å². The van der Waals surface area contributed by atoms with E-state index in [9.17, 15) is 4.79 Å². The molecule has 2 aliphatic rings. The third-order valence-corrected chi connectivity index (χ3v) is 3.47. The molecule has 98 valence electrons. The molecule has 5 heteroatoms. The van der Waals surface area contributed by atoms with Crippen molar-refractivity contribution < 1.29 is 14.6 Å². The molecule has 2 N–H and O–H groups in total. The summed E-state index contributed by atoms with van der Waals surface area (Å²) < 4.78 is 5.63. The van der Waals surface area contributed by atoms with Crippen molar-refractivity contribution in [2.75, 3.05) is 32.8 Å². The van der Waals surface area contributed by atoms with Crippen LogP contribution in [0.3, 0.4) is 0 Å². The van der Waals surface area contributed by atoms with Crippen LogP contribution in [0.25, 0.3) is 0 Å². The van der Waals surface area contributed by atoms with E-state index in [1.165, 1.54) is 0 Å². The number of carbonyl (C=O) groups is 1. The molecule has 5 nitrogen and oxygen atoms in total. The Hall–Kier alpha value is -0.650. The number of nitrogens with zero attached hydrogens (tertiary/aromatic N) is 1. The Bertz CT molecular complexity index is 254. The highest BCUT2D eigenvalue weighted by Crippen LogP contribution is 2.14. The average Bonchev–Trinajstić information content (AvgIpc) is 2.66. The highest BCUT2D eigenvalue weighted by atomic mass is 16.5. The van der Waals surface area contributed by atoms with Crippen molar-refractivity contribution in [3.63, 3.8) is 0 Å². The number of nitrogens with one attached hydrogen (secondary N) is 1. The molecule has 0 aromatic heterocycles. The molecule has 0 bridgehead atoms. The molecule has 2 rings (SSSR count). The van der Waals surface area contributed by atoms with E-state index in [4.69, 9.17) is 9.84 Å². The van der Waals surface area contributed by atoms with E-state index in [1.807, 2.05) is 0 Å². The summed E-state index contributed by atoms with van der Waals surface area (Å²) in [6, 6.07) is 0.0800. The van der Waals surface area contributed by atoms with Crippen LogP contribution in [-0.4, -0.2) is 60.9 Å². The average molecular weight is 242 g/mol. The first kappa shape index (κ1) is 12.8. The topological polar surface area (TPSA) is 61.8 Å². The van der Waals surface area contributed by atoms with Gasteiger partial charge in [-0.3, -0.25) is 9.69 Å². The normalized spacial score (nSPS) is 31.3. The van der Waals surface area contributed by atoms with Gasteiger partial charge in [0.15, 0.2) is 0 Å². The van der Waals surface area contributed by atoms with Crippen LogP contribution in [0, 0.1) is 0 Å². The smallest absolute Gasteiger partial charge is 0.304 e. The van der Waals surface area contributed by atoms with Gasteiger partial charge in [0.1, 0.15) is 0 Å². The van der Waals surface area contributed by atoms with Crippen molar-refractivity contribution in [3.05, 3.63) is 0 Å². The molecular weight excluding hydrogens is 220 g/mol. The highest BCUT2D eigenvalue weighted by Gasteiger charge is 2.24. The van der Waals surface area contributed by atoms with E-state index in [0.717, 1.165) is 52.0 Å². The number of hydrogen-bond acceptors (Lipinski definition) is 4. The van der Waals surface area contributed by atoms with Crippen LogP contribution < -0.4 is 5.32 Å². The van der Waals surface area contributed by atoms with E-state index >= 15 is 0 Å². The van der Waals surface area contributed by atoms with Crippen LogP contribution in [0.15, 0.2) is 0 Å². The van der Waals surface area contributed by atoms with Gasteiger partial charge in [0, 0.05) is 25.7 Å². The first-order valence-electron chi connectivity index (χ1n) is 6.53. The number of carboxylic acids is 1. The number of carboxylic acid groups (broad SMARTS) is 1. The summed E-state index contributed by atoms with van der Waals surface area (Å²) in [5.41, 5.74) is 0. The van der Waals surface area contributed by atoms with Gasteiger partial charge in [0.05, 0.1) is 12.5 Å². The van der Waals surface area contributed by atoms with Crippen molar-refractivity contribution in [2.24, 2.45) is 0 Å². The minimum atomic E-state index is -0.721. The Morgan fingerprint density at radius 1 is 1.47 bits per heavy atom. The van der Waals surface area contributed by atoms with Gasteiger partial charge in [-0.05, 0) is 32.4 Å². The quantitative estimate of drug-likeness (QED) is 0.742. The molecule has 0 aromatic carbocycles. The van der Waals surface area contributed by atoms with Gasteiger partial charge in [0.2, 0.25) is 0 Å². The summed E-state index contributed by atoms with van der Waals surface area (Å²) in [4.78, 5) is 13.1. The summed E-state index contributed by atoms with van der Waals surface area (Å²) in [7, 11) is 0. The first-order valence-corrected chi connectivity index (χ1v) is 6.53. The van der Waals surface area contributed by atoms with Crippen molar-refractivity contribution >= 4 is 5.97 Å². The fourth-order valence-corrected chi connectivity index (χ4v) is 2.67. The zero-order chi connectivity index (χ0) is 12.1. The fourth-order valence-electron chi connectivity index (χ4n) is 2.67. The molecule has 2 heterocycles. The predicted octanol–water partition coefficient (Wildman–Crippen LogP) is 0.304. The third kappa shape index (κ3) is 4.26. The van der Waals surface area contributed by atoms with Crippen molar-refractivity contribution in [1.82, 2.24) is 10.2 Å². The fraction of sp³-hybridized carbons (Fsp3) is 0.917. The molecule has 2 unspecified atom stereocenters. The van der Waals surface area contributed by atoms with E-state index in [-0.39, 0.29) is 12.5 Å². The van der Waals surface area contributed by atoms with Crippen LogP contribution in [0.1, 0.15) is 25.7 Å². The molecule has 0 saturated carbocycles. The van der Waals surface area contributed by atoms with Crippen molar-refractivity contribution in [1.29, 1.82) is 0 Å². The summed E-state index contributed by atoms with van der Waals surface area (Å²) in [6.07, 6.45) is 3.96. The summed E-state index contributed by atoms with van der Waals surface area (Å²) in [5.74, 6) is -0.721. The van der Waals surface area contributed by atoms with E-state index < -0.39 is 5.97 Å². The largest absolute Gasteiger partial charge is 0.481 e. The van der Waals surface area contributed by atoms with Gasteiger partial charge in [-0.2, -0.15) is 0 Å². The van der Waals surface area contributed by atoms with Crippen LogP contribution >= 0.6 is 0 Å². The van der Waals surface area contributed by atoms with E-state index in [0.29, 0.717) is 6.10 Å². The summed E-state index contributed by atoms with van der Waals surface area (Å²) in [5, 5.41) is 12.1. The van der Waals surface area contributed by atoms with Gasteiger partial charge in [-0.15, -0.1) is 0 Å². The van der Waals surface area contributed by atoms with Crippen LogP contribution in [0.5, 0.6) is 0 Å². The van der Waals surface area contributed by atoms with Crippen LogP contribution in [0.4, 0.5) is 0 Å². The minimum Gasteiger partial charge on any atom is -0.481 e. The maximum Gasteiger partial charge on any atom is 0.304 e. The second-order valence-corrected chi connectivity index (χ2v) is 5.00. The molecule has 17 heavy (non-hydrogen) atoms. The number of aliphatic carboxylic acids is 1. The Kier molecular flexibility index (Phi) is 4.76. The lowest BCUT2D eigenvalue weighted by Crippen LogP contribution is -2.41. The number of hydrogen-bond donors (Lipinski definition) is 2. The molecule has 2 atom stereocenters. The minimum absolute atomic E-state index is 0.0800. The Morgan fingerprint density at radius 3 is 3.06 bits per heavy atom. The van der Waals surface area contributed by atoms with E-state index in [1.54, 1.807) is 0 Å². The predicted molar refractivity (Wildman–Crippen MR) is 64.1 cm³/mol. The Labute approximate surface area is 102 Å². The van der Waals surface area contributed by atoms with Gasteiger partial charge in [-0.1, -0.05) is 0 Å². The molecular formula is C12H22N2O3. The maximum atomic E-state index is 10.7. The molecule has 2 aliphatic heterocycles. The lowest BCUT2D eigenvalue weighted by molar-refractivity contribution is -0.137. The van der Waals surface area contributed by atoms with Crippen molar-refractivity contribution in [2.45, 2.75) is 37.8 Å². The zero-order valence-corrected chi connectivity index (χ0v) is 10.2.